The monoisotopic (exact) mass is 244 g/mol. The molecule has 2 heterocycles. The van der Waals surface area contributed by atoms with Crippen molar-refractivity contribution in [3.05, 3.63) is 24.2 Å². The minimum absolute atomic E-state index is 0.291. The molecule has 4 heteroatoms. The van der Waals surface area contributed by atoms with Crippen LogP contribution in [0, 0.1) is 0 Å². The molecule has 1 saturated heterocycles. The molecule has 1 fully saturated rings. The lowest BCUT2D eigenvalue weighted by molar-refractivity contribution is 0.179. The number of furan rings is 1. The molecule has 0 amide bonds. The van der Waals surface area contributed by atoms with Crippen molar-refractivity contribution in [3.8, 4) is 0 Å². The van der Waals surface area contributed by atoms with Crippen LogP contribution in [0.1, 0.15) is 25.5 Å². The lowest BCUT2D eigenvalue weighted by Gasteiger charge is -2.33. The van der Waals surface area contributed by atoms with Crippen LogP contribution in [0.2, 0.25) is 0 Å². The second-order valence-corrected chi connectivity index (χ2v) is 6.95. The fourth-order valence-electron chi connectivity index (χ4n) is 1.63. The molecule has 1 aromatic heterocycles. The Labute approximate surface area is 98.8 Å². The first kappa shape index (κ1) is 11.4. The van der Waals surface area contributed by atoms with Crippen LogP contribution >= 0.6 is 23.5 Å². The Bertz CT molecular complexity index is 300. The van der Waals surface area contributed by atoms with Crippen molar-refractivity contribution in [1.82, 2.24) is 0 Å². The van der Waals surface area contributed by atoms with Crippen LogP contribution in [0.4, 0.5) is 0 Å². The fourth-order valence-corrected chi connectivity index (χ4v) is 4.63. The molecule has 1 aliphatic heterocycles. The molecular formula is C11H16O2S2. The molecule has 2 rings (SSSR count). The number of aliphatic hydroxyl groups excluding tert-OH is 1. The predicted octanol–water partition coefficient (Wildman–Crippen LogP) is 2.94. The normalized spacial score (nSPS) is 33.9. The van der Waals surface area contributed by atoms with Gasteiger partial charge in [-0.2, -0.15) is 23.5 Å². The molecule has 2 nitrogen and oxygen atoms in total. The van der Waals surface area contributed by atoms with E-state index in [2.05, 4.69) is 13.8 Å². The van der Waals surface area contributed by atoms with Gasteiger partial charge in [-0.05, 0) is 6.07 Å². The largest absolute Gasteiger partial charge is 0.472 e. The maximum Gasteiger partial charge on any atom is 0.0961 e. The Morgan fingerprint density at radius 1 is 1.47 bits per heavy atom. The van der Waals surface area contributed by atoms with E-state index < -0.39 is 6.10 Å². The molecule has 1 N–H and O–H groups in total. The van der Waals surface area contributed by atoms with Crippen molar-refractivity contribution in [3.63, 3.8) is 0 Å². The van der Waals surface area contributed by atoms with Gasteiger partial charge >= 0.3 is 0 Å². The minimum atomic E-state index is -0.392. The molecule has 1 aliphatic rings. The topological polar surface area (TPSA) is 33.4 Å². The minimum Gasteiger partial charge on any atom is -0.472 e. The van der Waals surface area contributed by atoms with Gasteiger partial charge in [-0.25, -0.2) is 0 Å². The molecule has 0 radical (unpaired) electrons. The summed E-state index contributed by atoms with van der Waals surface area (Å²) in [6, 6.07) is 1.85. The molecule has 0 saturated carbocycles. The van der Waals surface area contributed by atoms with Crippen molar-refractivity contribution in [2.75, 3.05) is 5.75 Å². The number of rotatable bonds is 2. The molecule has 4 atom stereocenters. The van der Waals surface area contributed by atoms with E-state index in [-0.39, 0.29) is 0 Å². The summed E-state index contributed by atoms with van der Waals surface area (Å²) in [7, 11) is 0. The highest BCUT2D eigenvalue weighted by Crippen LogP contribution is 2.40. The number of hydrogen-bond acceptors (Lipinski definition) is 4. The van der Waals surface area contributed by atoms with Crippen LogP contribution in [0.5, 0.6) is 0 Å². The van der Waals surface area contributed by atoms with E-state index in [1.165, 1.54) is 0 Å². The van der Waals surface area contributed by atoms with Gasteiger partial charge in [0.2, 0.25) is 0 Å². The van der Waals surface area contributed by atoms with Gasteiger partial charge in [0.15, 0.2) is 0 Å². The summed E-state index contributed by atoms with van der Waals surface area (Å²) in [5, 5.41) is 11.7. The van der Waals surface area contributed by atoms with Crippen LogP contribution in [0.25, 0.3) is 0 Å². The average molecular weight is 244 g/mol. The summed E-state index contributed by atoms with van der Waals surface area (Å²) in [5.74, 6) is 1.02. The highest BCUT2D eigenvalue weighted by molar-refractivity contribution is 8.07. The quantitative estimate of drug-likeness (QED) is 0.867. The highest BCUT2D eigenvalue weighted by atomic mass is 32.2. The Hall–Kier alpha value is -0.0600. The second-order valence-electron chi connectivity index (χ2n) is 3.92. The zero-order valence-electron chi connectivity index (χ0n) is 8.92. The van der Waals surface area contributed by atoms with Crippen LogP contribution in [0.3, 0.4) is 0 Å². The molecule has 0 aliphatic carbocycles. The van der Waals surface area contributed by atoms with E-state index in [0.29, 0.717) is 15.7 Å². The third-order valence-electron chi connectivity index (χ3n) is 2.81. The summed E-state index contributed by atoms with van der Waals surface area (Å²) in [5.41, 5.74) is 0.898. The molecule has 4 unspecified atom stereocenters. The third kappa shape index (κ3) is 2.55. The first-order chi connectivity index (χ1) is 7.18. The van der Waals surface area contributed by atoms with Gasteiger partial charge in [0.1, 0.15) is 0 Å². The van der Waals surface area contributed by atoms with Gasteiger partial charge in [0.25, 0.3) is 0 Å². The molecular weight excluding hydrogens is 228 g/mol. The van der Waals surface area contributed by atoms with Gasteiger partial charge in [-0.15, -0.1) is 0 Å². The number of thioether (sulfide) groups is 2. The molecule has 0 aromatic carbocycles. The van der Waals surface area contributed by atoms with Crippen LogP contribution in [-0.4, -0.2) is 26.6 Å². The van der Waals surface area contributed by atoms with E-state index in [1.807, 2.05) is 29.6 Å². The van der Waals surface area contributed by atoms with Crippen LogP contribution in [0.15, 0.2) is 23.0 Å². The molecule has 1 aromatic rings. The van der Waals surface area contributed by atoms with E-state index >= 15 is 0 Å². The summed E-state index contributed by atoms with van der Waals surface area (Å²) in [6.07, 6.45) is 2.86. The highest BCUT2D eigenvalue weighted by Gasteiger charge is 2.31. The van der Waals surface area contributed by atoms with Crippen molar-refractivity contribution in [1.29, 1.82) is 0 Å². The Morgan fingerprint density at radius 2 is 2.27 bits per heavy atom. The third-order valence-corrected chi connectivity index (χ3v) is 6.29. The lowest BCUT2D eigenvalue weighted by atomic mass is 10.1. The van der Waals surface area contributed by atoms with Crippen LogP contribution < -0.4 is 0 Å². The zero-order valence-corrected chi connectivity index (χ0v) is 10.6. The predicted molar refractivity (Wildman–Crippen MR) is 66.4 cm³/mol. The molecule has 84 valence electrons. The molecule has 0 spiro atoms. The Balaban J connectivity index is 2.00. The van der Waals surface area contributed by atoms with Gasteiger partial charge in [-0.3, -0.25) is 0 Å². The van der Waals surface area contributed by atoms with Crippen molar-refractivity contribution in [2.24, 2.45) is 0 Å². The summed E-state index contributed by atoms with van der Waals surface area (Å²) < 4.78 is 5.00. The van der Waals surface area contributed by atoms with Gasteiger partial charge in [-0.1, -0.05) is 13.8 Å². The van der Waals surface area contributed by atoms with Crippen molar-refractivity contribution < 1.29 is 9.52 Å². The average Bonchev–Trinajstić information content (AvgIpc) is 2.74. The standard InChI is InChI=1S/C11H16O2S2/c1-7-8(2)15-10(6-14-7)11(12)9-3-4-13-5-9/h3-5,7-8,10-12H,6H2,1-2H3. The van der Waals surface area contributed by atoms with E-state index in [0.717, 1.165) is 11.3 Å². The maximum absolute atomic E-state index is 10.1. The number of hydrogen-bond donors (Lipinski definition) is 1. The summed E-state index contributed by atoms with van der Waals surface area (Å²) in [4.78, 5) is 0. The fraction of sp³-hybridized carbons (Fsp3) is 0.636. The number of aliphatic hydroxyl groups is 1. The smallest absolute Gasteiger partial charge is 0.0961 e. The Morgan fingerprint density at radius 3 is 2.87 bits per heavy atom. The lowest BCUT2D eigenvalue weighted by Crippen LogP contribution is -2.30. The second kappa shape index (κ2) is 4.85. The molecule has 15 heavy (non-hydrogen) atoms. The zero-order chi connectivity index (χ0) is 10.8. The first-order valence-electron chi connectivity index (χ1n) is 5.15. The van der Waals surface area contributed by atoms with Gasteiger partial charge in [0.05, 0.1) is 18.6 Å². The van der Waals surface area contributed by atoms with Crippen molar-refractivity contribution >= 4 is 23.5 Å². The first-order valence-corrected chi connectivity index (χ1v) is 7.15. The summed E-state index contributed by atoms with van der Waals surface area (Å²) >= 11 is 3.84. The Kier molecular flexibility index (Phi) is 3.69. The maximum atomic E-state index is 10.1. The van der Waals surface area contributed by atoms with Crippen LogP contribution in [-0.2, 0) is 0 Å². The van der Waals surface area contributed by atoms with Crippen molar-refractivity contribution in [2.45, 2.75) is 35.7 Å². The SMILES string of the molecule is CC1SCC(C(O)c2ccoc2)SC1C. The summed E-state index contributed by atoms with van der Waals surface area (Å²) in [6.45, 7) is 4.49. The molecule has 0 bridgehead atoms. The van der Waals surface area contributed by atoms with E-state index in [4.69, 9.17) is 4.42 Å². The van der Waals surface area contributed by atoms with Gasteiger partial charge in [0, 0.05) is 27.1 Å². The van der Waals surface area contributed by atoms with E-state index in [1.54, 1.807) is 12.5 Å². The van der Waals surface area contributed by atoms with Gasteiger partial charge < -0.3 is 9.52 Å². The van der Waals surface area contributed by atoms with E-state index in [9.17, 15) is 5.11 Å².